The molecule has 1 heterocycles. The molecule has 31 heavy (non-hydrogen) atoms. The van der Waals surface area contributed by atoms with E-state index in [4.69, 9.17) is 4.74 Å². The first-order valence-electron chi connectivity index (χ1n) is 10.3. The van der Waals surface area contributed by atoms with Crippen molar-refractivity contribution in [1.82, 2.24) is 9.47 Å². The molecule has 4 heteroatoms. The first kappa shape index (κ1) is 20.5. The van der Waals surface area contributed by atoms with E-state index in [2.05, 4.69) is 31.2 Å². The summed E-state index contributed by atoms with van der Waals surface area (Å²) < 4.78 is 7.51. The van der Waals surface area contributed by atoms with Crippen LogP contribution in [0.25, 0.3) is 5.69 Å². The second-order valence-electron chi connectivity index (χ2n) is 7.57. The van der Waals surface area contributed by atoms with Gasteiger partial charge in [-0.15, -0.1) is 0 Å². The molecule has 0 spiro atoms. The molecule has 4 nitrogen and oxygen atoms in total. The van der Waals surface area contributed by atoms with Gasteiger partial charge in [-0.3, -0.25) is 4.79 Å². The van der Waals surface area contributed by atoms with E-state index in [1.54, 1.807) is 7.11 Å². The Hall–Kier alpha value is -3.79. The third-order valence-corrected chi connectivity index (χ3v) is 5.35. The Balaban J connectivity index is 1.72. The second-order valence-corrected chi connectivity index (χ2v) is 7.57. The monoisotopic (exact) mass is 410 g/mol. The number of carbonyl (C=O) groups is 1. The highest BCUT2D eigenvalue weighted by Gasteiger charge is 2.21. The van der Waals surface area contributed by atoms with Crippen molar-refractivity contribution in [2.24, 2.45) is 0 Å². The number of hydrogen-bond donors (Lipinski definition) is 0. The first-order chi connectivity index (χ1) is 15.2. The van der Waals surface area contributed by atoms with Crippen LogP contribution < -0.4 is 4.74 Å². The van der Waals surface area contributed by atoms with Gasteiger partial charge < -0.3 is 14.2 Å². The van der Waals surface area contributed by atoms with Crippen LogP contribution in [0.15, 0.2) is 97.3 Å². The lowest BCUT2D eigenvalue weighted by molar-refractivity contribution is 0.0729. The third-order valence-electron chi connectivity index (χ3n) is 5.35. The summed E-state index contributed by atoms with van der Waals surface area (Å²) in [7, 11) is 1.66. The van der Waals surface area contributed by atoms with Crippen molar-refractivity contribution >= 4 is 5.91 Å². The topological polar surface area (TPSA) is 34.5 Å². The minimum atomic E-state index is -0.0178. The maximum Gasteiger partial charge on any atom is 0.256 e. The fraction of sp³-hybridized carbons (Fsp3) is 0.148. The summed E-state index contributed by atoms with van der Waals surface area (Å²) in [4.78, 5) is 15.7. The van der Waals surface area contributed by atoms with Gasteiger partial charge in [0.15, 0.2) is 0 Å². The van der Waals surface area contributed by atoms with Crippen molar-refractivity contribution in [2.45, 2.75) is 20.0 Å². The summed E-state index contributed by atoms with van der Waals surface area (Å²) in [5, 5.41) is 0. The number of rotatable bonds is 7. The van der Waals surface area contributed by atoms with E-state index in [0.717, 1.165) is 22.6 Å². The Morgan fingerprint density at radius 3 is 2.26 bits per heavy atom. The van der Waals surface area contributed by atoms with Crippen LogP contribution in [0.2, 0.25) is 0 Å². The van der Waals surface area contributed by atoms with Gasteiger partial charge in [0.1, 0.15) is 5.75 Å². The van der Waals surface area contributed by atoms with Gasteiger partial charge in [-0.05, 0) is 42.8 Å². The Kier molecular flexibility index (Phi) is 6.18. The number of aryl methyl sites for hydroxylation is 1. The van der Waals surface area contributed by atoms with E-state index >= 15 is 0 Å². The highest BCUT2D eigenvalue weighted by atomic mass is 16.5. The zero-order valence-electron chi connectivity index (χ0n) is 17.9. The number of hydrogen-bond acceptors (Lipinski definition) is 2. The number of para-hydroxylation sites is 2. The average molecular weight is 411 g/mol. The number of benzene rings is 3. The van der Waals surface area contributed by atoms with Crippen molar-refractivity contribution in [2.75, 3.05) is 7.11 Å². The molecule has 0 atom stereocenters. The molecule has 4 aromatic rings. The van der Waals surface area contributed by atoms with Crippen LogP contribution >= 0.6 is 0 Å². The van der Waals surface area contributed by atoms with Crippen molar-refractivity contribution in [3.63, 3.8) is 0 Å². The summed E-state index contributed by atoms with van der Waals surface area (Å²) in [5.74, 6) is 0.763. The second kappa shape index (κ2) is 9.35. The third kappa shape index (κ3) is 4.69. The molecule has 0 fully saturated rings. The average Bonchev–Trinajstić information content (AvgIpc) is 3.35. The number of methoxy groups -OCH3 is 1. The molecule has 0 aliphatic carbocycles. The number of ether oxygens (including phenoxy) is 1. The zero-order valence-corrected chi connectivity index (χ0v) is 17.9. The standard InChI is InChI=1S/C27H26N2O2/c1-21-13-15-22(16-14-21)19-29(20-23-9-3-6-12-26(23)31-2)27(30)24-10-4-5-11-25(24)28-17-7-8-18-28/h3-18H,19-20H2,1-2H3. The van der Waals surface area contributed by atoms with Gasteiger partial charge in [0.2, 0.25) is 0 Å². The molecule has 0 saturated heterocycles. The summed E-state index contributed by atoms with van der Waals surface area (Å²) in [6, 6.07) is 27.8. The van der Waals surface area contributed by atoms with E-state index in [1.807, 2.05) is 82.5 Å². The number of nitrogens with zero attached hydrogens (tertiary/aromatic N) is 2. The Bertz CT molecular complexity index is 1150. The molecule has 0 aliphatic rings. The number of amides is 1. The van der Waals surface area contributed by atoms with Gasteiger partial charge in [-0.25, -0.2) is 0 Å². The highest BCUT2D eigenvalue weighted by Crippen LogP contribution is 2.24. The van der Waals surface area contributed by atoms with Crippen molar-refractivity contribution < 1.29 is 9.53 Å². The fourth-order valence-corrected chi connectivity index (χ4v) is 3.70. The smallest absolute Gasteiger partial charge is 0.256 e. The Morgan fingerprint density at radius 2 is 1.52 bits per heavy atom. The molecule has 3 aromatic carbocycles. The molecule has 156 valence electrons. The Labute approximate surface area is 183 Å². The largest absolute Gasteiger partial charge is 0.496 e. The lowest BCUT2D eigenvalue weighted by Gasteiger charge is -2.25. The van der Waals surface area contributed by atoms with Crippen LogP contribution in [0.5, 0.6) is 5.75 Å². The summed E-state index contributed by atoms with van der Waals surface area (Å²) >= 11 is 0. The predicted octanol–water partition coefficient (Wildman–Crippen LogP) is 5.64. The molecule has 0 N–H and O–H groups in total. The molecular weight excluding hydrogens is 384 g/mol. The molecule has 1 aromatic heterocycles. The number of carbonyl (C=O) groups excluding carboxylic acids is 1. The van der Waals surface area contributed by atoms with Gasteiger partial charge >= 0.3 is 0 Å². The molecule has 4 rings (SSSR count). The maximum atomic E-state index is 13.8. The molecule has 0 radical (unpaired) electrons. The summed E-state index contributed by atoms with van der Waals surface area (Å²) in [6.07, 6.45) is 3.91. The van der Waals surface area contributed by atoms with Crippen molar-refractivity contribution in [3.8, 4) is 11.4 Å². The van der Waals surface area contributed by atoms with E-state index in [0.29, 0.717) is 18.7 Å². The summed E-state index contributed by atoms with van der Waals surface area (Å²) in [5.41, 5.74) is 4.80. The fourth-order valence-electron chi connectivity index (χ4n) is 3.70. The normalized spacial score (nSPS) is 10.6. The van der Waals surface area contributed by atoms with Gasteiger partial charge in [-0.1, -0.05) is 60.2 Å². The predicted molar refractivity (Wildman–Crippen MR) is 124 cm³/mol. The number of aromatic nitrogens is 1. The highest BCUT2D eigenvalue weighted by molar-refractivity contribution is 5.97. The van der Waals surface area contributed by atoms with Crippen LogP contribution in [-0.4, -0.2) is 22.5 Å². The van der Waals surface area contributed by atoms with Crippen LogP contribution in [-0.2, 0) is 13.1 Å². The lowest BCUT2D eigenvalue weighted by atomic mass is 10.1. The molecule has 0 bridgehead atoms. The molecule has 0 unspecified atom stereocenters. The molecule has 0 saturated carbocycles. The van der Waals surface area contributed by atoms with E-state index in [-0.39, 0.29) is 5.91 Å². The van der Waals surface area contributed by atoms with Gasteiger partial charge in [0, 0.05) is 31.0 Å². The van der Waals surface area contributed by atoms with E-state index in [9.17, 15) is 4.79 Å². The van der Waals surface area contributed by atoms with Gasteiger partial charge in [-0.2, -0.15) is 0 Å². The first-order valence-corrected chi connectivity index (χ1v) is 10.3. The quantitative estimate of drug-likeness (QED) is 0.395. The molecule has 0 aliphatic heterocycles. The van der Waals surface area contributed by atoms with E-state index in [1.165, 1.54) is 5.56 Å². The Morgan fingerprint density at radius 1 is 0.839 bits per heavy atom. The maximum absolute atomic E-state index is 13.8. The van der Waals surface area contributed by atoms with E-state index < -0.39 is 0 Å². The molecular formula is C27H26N2O2. The van der Waals surface area contributed by atoms with Gasteiger partial charge in [0.05, 0.1) is 18.4 Å². The lowest BCUT2D eigenvalue weighted by Crippen LogP contribution is -2.31. The van der Waals surface area contributed by atoms with Crippen molar-refractivity contribution in [3.05, 3.63) is 120 Å². The minimum Gasteiger partial charge on any atom is -0.496 e. The van der Waals surface area contributed by atoms with Crippen molar-refractivity contribution in [1.29, 1.82) is 0 Å². The zero-order chi connectivity index (χ0) is 21.6. The minimum absolute atomic E-state index is 0.0178. The van der Waals surface area contributed by atoms with Crippen LogP contribution in [0.3, 0.4) is 0 Å². The van der Waals surface area contributed by atoms with Crippen LogP contribution in [0.4, 0.5) is 0 Å². The summed E-state index contributed by atoms with van der Waals surface area (Å²) in [6.45, 7) is 3.03. The van der Waals surface area contributed by atoms with Crippen LogP contribution in [0.1, 0.15) is 27.0 Å². The van der Waals surface area contributed by atoms with Gasteiger partial charge in [0.25, 0.3) is 5.91 Å². The SMILES string of the molecule is COc1ccccc1CN(Cc1ccc(C)cc1)C(=O)c1ccccc1-n1cccc1. The molecule has 1 amide bonds. The van der Waals surface area contributed by atoms with Crippen LogP contribution in [0, 0.1) is 6.92 Å².